The summed E-state index contributed by atoms with van der Waals surface area (Å²) in [7, 11) is 0. The van der Waals surface area contributed by atoms with Crippen molar-refractivity contribution in [3.8, 4) is 0 Å². The van der Waals surface area contributed by atoms with Gasteiger partial charge in [-0.1, -0.05) is 54.4 Å². The Hall–Kier alpha value is -0.120. The molecule has 19 heavy (non-hydrogen) atoms. The highest BCUT2D eigenvalue weighted by molar-refractivity contribution is 4.53. The first-order chi connectivity index (χ1) is 9.33. The van der Waals surface area contributed by atoms with Crippen LogP contribution in [-0.4, -0.2) is 39.3 Å². The molecule has 0 aliphatic rings. The Labute approximate surface area is 123 Å². The summed E-state index contributed by atoms with van der Waals surface area (Å²) in [6.07, 6.45) is 5.08. The highest BCUT2D eigenvalue weighted by atomic mass is 15.0. The van der Waals surface area contributed by atoms with Gasteiger partial charge < -0.3 is 16.0 Å². The van der Waals surface area contributed by atoms with Crippen molar-refractivity contribution in [3.63, 3.8) is 0 Å². The highest BCUT2D eigenvalue weighted by Crippen LogP contribution is 1.76. The maximum absolute atomic E-state index is 3.38. The Kier molecular flexibility index (Phi) is 38.7. The molecule has 0 spiro atoms. The van der Waals surface area contributed by atoms with Gasteiger partial charge in [0.1, 0.15) is 0 Å². The highest BCUT2D eigenvalue weighted by Gasteiger charge is 1.87. The van der Waals surface area contributed by atoms with Crippen LogP contribution in [0.4, 0.5) is 0 Å². The molecule has 0 aromatic rings. The van der Waals surface area contributed by atoms with E-state index in [1.54, 1.807) is 0 Å². The summed E-state index contributed by atoms with van der Waals surface area (Å²) >= 11 is 0. The minimum atomic E-state index is 1.08. The number of hydrogen-bond donors (Lipinski definition) is 3. The van der Waals surface area contributed by atoms with Crippen LogP contribution in [-0.2, 0) is 0 Å². The van der Waals surface area contributed by atoms with Crippen LogP contribution in [0, 0.1) is 0 Å². The van der Waals surface area contributed by atoms with Crippen molar-refractivity contribution in [3.05, 3.63) is 0 Å². The van der Waals surface area contributed by atoms with Gasteiger partial charge in [0.2, 0.25) is 0 Å². The van der Waals surface area contributed by atoms with Crippen LogP contribution >= 0.6 is 0 Å². The summed E-state index contributed by atoms with van der Waals surface area (Å²) in [6, 6.07) is 0. The molecule has 0 saturated carbocycles. The number of nitrogens with one attached hydrogen (secondary N) is 3. The molecule has 0 saturated heterocycles. The first-order valence-corrected chi connectivity index (χ1v) is 8.45. The van der Waals surface area contributed by atoms with Gasteiger partial charge in [-0.25, -0.2) is 0 Å². The largest absolute Gasteiger partial charge is 0.315 e. The van der Waals surface area contributed by atoms with E-state index in [1.807, 2.05) is 13.8 Å². The second-order valence-corrected chi connectivity index (χ2v) is 4.25. The fraction of sp³-hybridized carbons (Fsp3) is 1.00. The van der Waals surface area contributed by atoms with Gasteiger partial charge >= 0.3 is 0 Å². The van der Waals surface area contributed by atoms with Crippen LogP contribution in [0.2, 0.25) is 0 Å². The maximum Gasteiger partial charge on any atom is 0.00772 e. The second-order valence-electron chi connectivity index (χ2n) is 4.25. The van der Waals surface area contributed by atoms with Crippen LogP contribution in [0.5, 0.6) is 0 Å². The molecule has 0 atom stereocenters. The van der Waals surface area contributed by atoms with Gasteiger partial charge in [-0.2, -0.15) is 0 Å². The Morgan fingerprint density at radius 2 is 0.684 bits per heavy atom. The molecule has 0 aromatic carbocycles. The predicted molar refractivity (Wildman–Crippen MR) is 91.1 cm³/mol. The first-order valence-electron chi connectivity index (χ1n) is 8.45. The summed E-state index contributed by atoms with van der Waals surface area (Å²) in [5, 5.41) is 10.1. The third kappa shape index (κ3) is 38.1. The lowest BCUT2D eigenvalue weighted by Gasteiger charge is -2.06. The molecule has 120 valence electrons. The molecule has 0 radical (unpaired) electrons. The number of hydrogen-bond acceptors (Lipinski definition) is 3. The molecule has 0 unspecified atom stereocenters. The van der Waals surface area contributed by atoms with Crippen molar-refractivity contribution >= 4 is 0 Å². The molecular weight excluding hydrogens is 234 g/mol. The molecule has 0 rings (SSSR count). The molecule has 0 fully saturated rings. The topological polar surface area (TPSA) is 36.1 Å². The van der Waals surface area contributed by atoms with Crippen molar-refractivity contribution in [2.24, 2.45) is 0 Å². The average Bonchev–Trinajstić information content (AvgIpc) is 2.48. The van der Waals surface area contributed by atoms with E-state index in [2.05, 4.69) is 43.6 Å². The van der Waals surface area contributed by atoms with Gasteiger partial charge in [-0.3, -0.25) is 0 Å². The predicted octanol–water partition coefficient (Wildman–Crippen LogP) is 3.41. The van der Waals surface area contributed by atoms with Gasteiger partial charge in [-0.15, -0.1) is 0 Å². The number of rotatable bonds is 11. The molecule has 3 heteroatoms. The number of unbranched alkanes of at least 4 members (excludes halogenated alkanes) is 1. The molecule has 0 aliphatic heterocycles. The molecule has 3 nitrogen and oxygen atoms in total. The van der Waals surface area contributed by atoms with Gasteiger partial charge in [0, 0.05) is 26.2 Å². The van der Waals surface area contributed by atoms with Crippen molar-refractivity contribution in [1.29, 1.82) is 0 Å². The Bertz CT molecular complexity index is 96.2. The summed E-state index contributed by atoms with van der Waals surface area (Å²) in [6.45, 7) is 19.3. The minimum absolute atomic E-state index is 1.08. The van der Waals surface area contributed by atoms with E-state index < -0.39 is 0 Å². The molecule has 0 aromatic heterocycles. The van der Waals surface area contributed by atoms with Crippen molar-refractivity contribution in [1.82, 2.24) is 16.0 Å². The van der Waals surface area contributed by atoms with E-state index in [0.717, 1.165) is 39.3 Å². The smallest absolute Gasteiger partial charge is 0.00772 e. The van der Waals surface area contributed by atoms with E-state index in [4.69, 9.17) is 0 Å². The molecule has 3 N–H and O–H groups in total. The zero-order chi connectivity index (χ0) is 15.2. The Morgan fingerprint density at radius 3 is 0.895 bits per heavy atom. The first kappa shape index (κ1) is 23.9. The quantitative estimate of drug-likeness (QED) is 0.506. The van der Waals surface area contributed by atoms with Gasteiger partial charge in [0.25, 0.3) is 0 Å². The maximum atomic E-state index is 3.38. The summed E-state index contributed by atoms with van der Waals surface area (Å²) in [5.41, 5.74) is 0. The van der Waals surface area contributed by atoms with Crippen LogP contribution in [0.25, 0.3) is 0 Å². The summed E-state index contributed by atoms with van der Waals surface area (Å²) in [4.78, 5) is 0. The Morgan fingerprint density at radius 1 is 0.421 bits per heavy atom. The zero-order valence-electron chi connectivity index (χ0n) is 14.6. The van der Waals surface area contributed by atoms with Gasteiger partial charge in [0.15, 0.2) is 0 Å². The molecule has 0 aliphatic carbocycles. The normalized spacial score (nSPS) is 9.16. The standard InChI is InChI=1S/C10H25N3.C4H10.C2H6/c1-3-5-11-7-9-13-10-8-12-6-4-2;1-3-4-2;1-2/h11-13H,3-10H2,1-2H3;3-4H2,1-2H3;1-2H3. The third-order valence-electron chi connectivity index (χ3n) is 2.31. The lowest BCUT2D eigenvalue weighted by molar-refractivity contribution is 0.577. The second kappa shape index (κ2) is 30.7. The molecule has 0 heterocycles. The van der Waals surface area contributed by atoms with E-state index in [1.165, 1.54) is 25.7 Å². The van der Waals surface area contributed by atoms with Gasteiger partial charge in [0.05, 0.1) is 0 Å². The third-order valence-corrected chi connectivity index (χ3v) is 2.31. The lowest BCUT2D eigenvalue weighted by Crippen LogP contribution is -2.33. The van der Waals surface area contributed by atoms with Crippen molar-refractivity contribution < 1.29 is 0 Å². The molecule has 0 bridgehead atoms. The SMILES string of the molecule is CC.CCCC.CCCNCCNCCNCCC. The van der Waals surface area contributed by atoms with Crippen LogP contribution in [0.1, 0.15) is 67.2 Å². The zero-order valence-corrected chi connectivity index (χ0v) is 14.6. The minimum Gasteiger partial charge on any atom is -0.315 e. The summed E-state index contributed by atoms with van der Waals surface area (Å²) < 4.78 is 0. The van der Waals surface area contributed by atoms with Crippen molar-refractivity contribution in [2.45, 2.75) is 67.2 Å². The molecule has 0 amide bonds. The van der Waals surface area contributed by atoms with Crippen LogP contribution in [0.15, 0.2) is 0 Å². The van der Waals surface area contributed by atoms with Crippen LogP contribution < -0.4 is 16.0 Å². The van der Waals surface area contributed by atoms with Gasteiger partial charge in [-0.05, 0) is 25.9 Å². The van der Waals surface area contributed by atoms with Crippen molar-refractivity contribution in [2.75, 3.05) is 39.3 Å². The van der Waals surface area contributed by atoms with E-state index in [0.29, 0.717) is 0 Å². The van der Waals surface area contributed by atoms with E-state index in [9.17, 15) is 0 Å². The Balaban J connectivity index is -0.000000361. The fourth-order valence-electron chi connectivity index (χ4n) is 1.08. The average molecular weight is 276 g/mol. The summed E-state index contributed by atoms with van der Waals surface area (Å²) in [5.74, 6) is 0. The van der Waals surface area contributed by atoms with E-state index in [-0.39, 0.29) is 0 Å². The molecular formula is C16H41N3. The monoisotopic (exact) mass is 275 g/mol. The lowest BCUT2D eigenvalue weighted by atomic mass is 10.4. The van der Waals surface area contributed by atoms with Crippen LogP contribution in [0.3, 0.4) is 0 Å². The van der Waals surface area contributed by atoms with E-state index >= 15 is 0 Å². The fourth-order valence-corrected chi connectivity index (χ4v) is 1.08.